The van der Waals surface area contributed by atoms with Gasteiger partial charge in [0.1, 0.15) is 5.75 Å². The summed E-state index contributed by atoms with van der Waals surface area (Å²) in [5.41, 5.74) is 1.17. The minimum atomic E-state index is 0.364. The van der Waals surface area contributed by atoms with Crippen LogP contribution in [-0.4, -0.2) is 35.2 Å². The van der Waals surface area contributed by atoms with Crippen molar-refractivity contribution in [2.24, 2.45) is 0 Å². The number of hydrogen-bond acceptors (Lipinski definition) is 3. The van der Waals surface area contributed by atoms with Crippen LogP contribution < -0.4 is 5.32 Å². The van der Waals surface area contributed by atoms with E-state index in [0.717, 1.165) is 12.6 Å². The summed E-state index contributed by atoms with van der Waals surface area (Å²) in [4.78, 5) is 2.73. The van der Waals surface area contributed by atoms with Crippen molar-refractivity contribution in [3.05, 3.63) is 29.8 Å². The number of nitrogens with one attached hydrogen (secondary N) is 1. The highest BCUT2D eigenvalue weighted by atomic mass is 16.3. The minimum Gasteiger partial charge on any atom is -0.508 e. The molecule has 3 nitrogen and oxygen atoms in total. The Morgan fingerprint density at radius 2 is 1.81 bits per heavy atom. The summed E-state index contributed by atoms with van der Waals surface area (Å²) in [5.74, 6) is 0.364. The Hall–Kier alpha value is -1.06. The maximum absolute atomic E-state index is 9.50. The molecule has 1 saturated heterocycles. The molecular weight excluding hydrogens is 260 g/mol. The van der Waals surface area contributed by atoms with Crippen LogP contribution in [0.5, 0.6) is 5.75 Å². The van der Waals surface area contributed by atoms with Crippen LogP contribution in [-0.2, 0) is 6.54 Å². The van der Waals surface area contributed by atoms with Crippen molar-refractivity contribution in [2.45, 2.75) is 63.6 Å². The standard InChI is InChI=1S/C18H28N2O/c21-18-6-4-5-15(13-18)14-19-16-7-9-17(10-8-16)20-11-2-1-3-12-20/h4-6,13,16-17,19,21H,1-3,7-12,14H2. The molecule has 0 unspecified atom stereocenters. The van der Waals surface area contributed by atoms with Gasteiger partial charge in [0.2, 0.25) is 0 Å². The van der Waals surface area contributed by atoms with Crippen molar-refractivity contribution < 1.29 is 5.11 Å². The highest BCUT2D eigenvalue weighted by Crippen LogP contribution is 2.26. The Kier molecular flexibility index (Phi) is 5.15. The van der Waals surface area contributed by atoms with Gasteiger partial charge in [0.05, 0.1) is 0 Å². The third kappa shape index (κ3) is 4.21. The molecule has 2 fully saturated rings. The first-order chi connectivity index (χ1) is 10.3. The maximum Gasteiger partial charge on any atom is 0.115 e. The van der Waals surface area contributed by atoms with Crippen molar-refractivity contribution in [3.8, 4) is 5.75 Å². The van der Waals surface area contributed by atoms with Crippen molar-refractivity contribution >= 4 is 0 Å². The number of nitrogens with zero attached hydrogens (tertiary/aromatic N) is 1. The second kappa shape index (κ2) is 7.28. The number of hydrogen-bond donors (Lipinski definition) is 2. The minimum absolute atomic E-state index is 0.364. The van der Waals surface area contributed by atoms with Gasteiger partial charge in [0.15, 0.2) is 0 Å². The molecule has 1 saturated carbocycles. The zero-order valence-electron chi connectivity index (χ0n) is 12.9. The van der Waals surface area contributed by atoms with E-state index in [4.69, 9.17) is 0 Å². The lowest BCUT2D eigenvalue weighted by atomic mass is 9.89. The molecule has 3 heteroatoms. The molecule has 0 radical (unpaired) electrons. The highest BCUT2D eigenvalue weighted by molar-refractivity contribution is 5.26. The Morgan fingerprint density at radius 3 is 2.52 bits per heavy atom. The van der Waals surface area contributed by atoms with E-state index in [2.05, 4.69) is 16.3 Å². The van der Waals surface area contributed by atoms with E-state index in [9.17, 15) is 5.11 Å². The topological polar surface area (TPSA) is 35.5 Å². The largest absolute Gasteiger partial charge is 0.508 e. The van der Waals surface area contributed by atoms with Crippen LogP contribution in [0.25, 0.3) is 0 Å². The second-order valence-corrected chi connectivity index (χ2v) is 6.65. The number of piperidine rings is 1. The fourth-order valence-electron chi connectivity index (χ4n) is 3.86. The Labute approximate surface area is 128 Å². The average molecular weight is 288 g/mol. The van der Waals surface area contributed by atoms with Crippen LogP contribution in [0.1, 0.15) is 50.5 Å². The molecule has 1 aromatic carbocycles. The smallest absolute Gasteiger partial charge is 0.115 e. The molecule has 1 aliphatic heterocycles. The van der Waals surface area contributed by atoms with Gasteiger partial charge >= 0.3 is 0 Å². The van der Waals surface area contributed by atoms with Gasteiger partial charge in [-0.3, -0.25) is 0 Å². The van der Waals surface area contributed by atoms with E-state index in [1.165, 1.54) is 63.6 Å². The van der Waals surface area contributed by atoms with Gasteiger partial charge < -0.3 is 15.3 Å². The first-order valence-electron chi connectivity index (χ1n) is 8.56. The second-order valence-electron chi connectivity index (χ2n) is 6.65. The lowest BCUT2D eigenvalue weighted by molar-refractivity contribution is 0.120. The van der Waals surface area contributed by atoms with Crippen LogP contribution in [0.2, 0.25) is 0 Å². The Balaban J connectivity index is 1.41. The monoisotopic (exact) mass is 288 g/mol. The summed E-state index contributed by atoms with van der Waals surface area (Å²) in [5, 5.41) is 13.2. The number of phenols is 1. The van der Waals surface area contributed by atoms with Crippen LogP contribution in [0.4, 0.5) is 0 Å². The van der Waals surface area contributed by atoms with Crippen LogP contribution in [0.3, 0.4) is 0 Å². The normalized spacial score (nSPS) is 27.6. The van der Waals surface area contributed by atoms with E-state index in [0.29, 0.717) is 11.8 Å². The van der Waals surface area contributed by atoms with Crippen molar-refractivity contribution in [2.75, 3.05) is 13.1 Å². The van der Waals surface area contributed by atoms with Crippen molar-refractivity contribution in [1.29, 1.82) is 0 Å². The molecule has 1 aromatic rings. The van der Waals surface area contributed by atoms with E-state index >= 15 is 0 Å². The molecular formula is C18H28N2O. The van der Waals surface area contributed by atoms with Gasteiger partial charge in [0, 0.05) is 18.6 Å². The lowest BCUT2D eigenvalue weighted by Gasteiger charge is -2.39. The number of phenolic OH excluding ortho intramolecular Hbond substituents is 1. The molecule has 0 bridgehead atoms. The van der Waals surface area contributed by atoms with Gasteiger partial charge in [0.25, 0.3) is 0 Å². The molecule has 0 spiro atoms. The molecule has 1 aliphatic carbocycles. The highest BCUT2D eigenvalue weighted by Gasteiger charge is 2.26. The van der Waals surface area contributed by atoms with E-state index in [1.807, 2.05) is 12.1 Å². The zero-order valence-corrected chi connectivity index (χ0v) is 12.9. The zero-order chi connectivity index (χ0) is 14.5. The summed E-state index contributed by atoms with van der Waals surface area (Å²) in [7, 11) is 0. The molecule has 2 N–H and O–H groups in total. The van der Waals surface area contributed by atoms with Gasteiger partial charge in [-0.05, 0) is 69.3 Å². The predicted octanol–water partition coefficient (Wildman–Crippen LogP) is 3.28. The Morgan fingerprint density at radius 1 is 1.05 bits per heavy atom. The summed E-state index contributed by atoms with van der Waals surface area (Å²) in [6.07, 6.45) is 9.50. The molecule has 3 rings (SSSR count). The molecule has 0 amide bonds. The summed E-state index contributed by atoms with van der Waals surface area (Å²) < 4.78 is 0. The van der Waals surface area contributed by atoms with Gasteiger partial charge in [-0.1, -0.05) is 18.6 Å². The van der Waals surface area contributed by atoms with E-state index in [-0.39, 0.29) is 0 Å². The van der Waals surface area contributed by atoms with Crippen LogP contribution in [0.15, 0.2) is 24.3 Å². The average Bonchev–Trinajstić information content (AvgIpc) is 2.54. The van der Waals surface area contributed by atoms with Crippen molar-refractivity contribution in [1.82, 2.24) is 10.2 Å². The number of rotatable bonds is 4. The fraction of sp³-hybridized carbons (Fsp3) is 0.667. The first kappa shape index (κ1) is 14.9. The van der Waals surface area contributed by atoms with Crippen molar-refractivity contribution in [3.63, 3.8) is 0 Å². The molecule has 1 heterocycles. The number of likely N-dealkylation sites (tertiary alicyclic amines) is 1. The van der Waals surface area contributed by atoms with Gasteiger partial charge in [-0.2, -0.15) is 0 Å². The predicted molar refractivity (Wildman–Crippen MR) is 86.4 cm³/mol. The number of benzene rings is 1. The van der Waals surface area contributed by atoms with E-state index in [1.54, 1.807) is 6.07 Å². The fourth-order valence-corrected chi connectivity index (χ4v) is 3.86. The quantitative estimate of drug-likeness (QED) is 0.892. The maximum atomic E-state index is 9.50. The molecule has 116 valence electrons. The summed E-state index contributed by atoms with van der Waals surface area (Å²) in [6.45, 7) is 3.52. The number of aromatic hydroxyl groups is 1. The molecule has 21 heavy (non-hydrogen) atoms. The summed E-state index contributed by atoms with van der Waals surface area (Å²) >= 11 is 0. The molecule has 2 aliphatic rings. The summed E-state index contributed by atoms with van der Waals surface area (Å²) in [6, 6.07) is 9.06. The van der Waals surface area contributed by atoms with Gasteiger partial charge in [-0.25, -0.2) is 0 Å². The molecule has 0 atom stereocenters. The first-order valence-corrected chi connectivity index (χ1v) is 8.56. The van der Waals surface area contributed by atoms with Crippen LogP contribution >= 0.6 is 0 Å². The van der Waals surface area contributed by atoms with Gasteiger partial charge in [-0.15, -0.1) is 0 Å². The van der Waals surface area contributed by atoms with E-state index < -0.39 is 0 Å². The Bertz CT molecular complexity index is 435. The molecule has 0 aromatic heterocycles. The lowest BCUT2D eigenvalue weighted by Crippen LogP contribution is -2.44. The third-order valence-electron chi connectivity index (χ3n) is 5.11. The third-order valence-corrected chi connectivity index (χ3v) is 5.11. The SMILES string of the molecule is Oc1cccc(CNC2CCC(N3CCCCC3)CC2)c1. The van der Waals surface area contributed by atoms with Crippen LogP contribution in [0, 0.1) is 0 Å².